The van der Waals surface area contributed by atoms with Crippen LogP contribution in [0.4, 0.5) is 4.79 Å². The van der Waals surface area contributed by atoms with Crippen molar-refractivity contribution < 1.29 is 4.79 Å². The highest BCUT2D eigenvalue weighted by atomic mass is 16.2. The summed E-state index contributed by atoms with van der Waals surface area (Å²) in [5, 5.41) is 4.91. The number of hydrogen-bond acceptors (Lipinski definition) is 2. The van der Waals surface area contributed by atoms with E-state index < -0.39 is 0 Å². The zero-order valence-electron chi connectivity index (χ0n) is 11.8. The summed E-state index contributed by atoms with van der Waals surface area (Å²) in [4.78, 5) is 11.6. The van der Waals surface area contributed by atoms with Gasteiger partial charge in [0.2, 0.25) is 0 Å². The number of nitrogens with one attached hydrogen (secondary N) is 2. The van der Waals surface area contributed by atoms with Crippen LogP contribution >= 0.6 is 0 Å². The van der Waals surface area contributed by atoms with Crippen molar-refractivity contribution in [1.82, 2.24) is 15.8 Å². The monoisotopic (exact) mass is 281 g/mol. The van der Waals surface area contributed by atoms with E-state index in [1.807, 2.05) is 41.4 Å². The van der Waals surface area contributed by atoms with E-state index >= 15 is 0 Å². The number of hydrogen-bond donors (Lipinski definition) is 2. The van der Waals surface area contributed by atoms with Gasteiger partial charge in [0.15, 0.2) is 0 Å². The van der Waals surface area contributed by atoms with Gasteiger partial charge in [0, 0.05) is 13.1 Å². The molecule has 108 valence electrons. The van der Waals surface area contributed by atoms with E-state index in [9.17, 15) is 4.79 Å². The minimum atomic E-state index is -0.129. The van der Waals surface area contributed by atoms with Gasteiger partial charge in [-0.2, -0.15) is 0 Å². The van der Waals surface area contributed by atoms with Gasteiger partial charge >= 0.3 is 6.03 Å². The highest BCUT2D eigenvalue weighted by Crippen LogP contribution is 2.13. The molecule has 1 fully saturated rings. The second kappa shape index (κ2) is 6.41. The van der Waals surface area contributed by atoms with Crippen LogP contribution in [0.2, 0.25) is 0 Å². The summed E-state index contributed by atoms with van der Waals surface area (Å²) in [5.41, 5.74) is 5.39. The maximum Gasteiger partial charge on any atom is 0.329 e. The molecule has 1 saturated heterocycles. The van der Waals surface area contributed by atoms with E-state index in [1.54, 1.807) is 0 Å². The number of carbonyl (C=O) groups excluding carboxylic acids is 1. The summed E-state index contributed by atoms with van der Waals surface area (Å²) < 4.78 is 0. The Morgan fingerprint density at radius 3 is 2.24 bits per heavy atom. The van der Waals surface area contributed by atoms with Gasteiger partial charge in [0.05, 0.1) is 6.04 Å². The Labute approximate surface area is 124 Å². The summed E-state index contributed by atoms with van der Waals surface area (Å²) in [6.45, 7) is 1.37. The topological polar surface area (TPSA) is 44.4 Å². The third kappa shape index (κ3) is 3.61. The van der Waals surface area contributed by atoms with Crippen LogP contribution < -0.4 is 10.7 Å². The molecule has 0 aromatic heterocycles. The predicted molar refractivity (Wildman–Crippen MR) is 82.5 cm³/mol. The zero-order valence-corrected chi connectivity index (χ0v) is 11.8. The van der Waals surface area contributed by atoms with Gasteiger partial charge in [-0.25, -0.2) is 9.80 Å². The van der Waals surface area contributed by atoms with Crippen molar-refractivity contribution >= 4 is 6.03 Å². The number of benzene rings is 2. The van der Waals surface area contributed by atoms with Crippen LogP contribution in [0.5, 0.6) is 0 Å². The van der Waals surface area contributed by atoms with E-state index in [-0.39, 0.29) is 12.1 Å². The van der Waals surface area contributed by atoms with Crippen molar-refractivity contribution in [2.24, 2.45) is 0 Å². The van der Waals surface area contributed by atoms with E-state index in [0.29, 0.717) is 13.1 Å². The molecule has 2 aromatic carbocycles. The van der Waals surface area contributed by atoms with Gasteiger partial charge in [-0.15, -0.1) is 0 Å². The molecule has 0 saturated carbocycles. The smallest absolute Gasteiger partial charge is 0.329 e. The lowest BCUT2D eigenvalue weighted by molar-refractivity contribution is 0.0987. The van der Waals surface area contributed by atoms with Crippen LogP contribution in [-0.2, 0) is 13.0 Å². The van der Waals surface area contributed by atoms with Gasteiger partial charge in [0.25, 0.3) is 0 Å². The molecule has 2 amide bonds. The quantitative estimate of drug-likeness (QED) is 0.903. The molecular weight excluding hydrogens is 262 g/mol. The van der Waals surface area contributed by atoms with Crippen LogP contribution in [0.15, 0.2) is 60.7 Å². The normalized spacial score (nSPS) is 18.9. The Hall–Kier alpha value is -2.33. The molecule has 0 bridgehead atoms. The molecular formula is C17H19N3O. The molecule has 4 nitrogen and oxygen atoms in total. The minimum absolute atomic E-state index is 0.129. The van der Waals surface area contributed by atoms with Crippen LogP contribution in [0.1, 0.15) is 11.1 Å². The van der Waals surface area contributed by atoms with E-state index in [0.717, 1.165) is 6.42 Å². The molecule has 1 aliphatic heterocycles. The Kier molecular flexibility index (Phi) is 4.17. The Morgan fingerprint density at radius 2 is 1.57 bits per heavy atom. The number of rotatable bonds is 4. The Bertz CT molecular complexity index is 585. The maximum atomic E-state index is 11.6. The lowest BCUT2D eigenvalue weighted by atomic mass is 10.0. The molecule has 0 aliphatic carbocycles. The highest BCUT2D eigenvalue weighted by molar-refractivity contribution is 5.74. The fourth-order valence-corrected chi connectivity index (χ4v) is 2.60. The fraction of sp³-hybridized carbons (Fsp3) is 0.235. The number of urea groups is 1. The van der Waals surface area contributed by atoms with E-state index in [4.69, 9.17) is 0 Å². The first-order chi connectivity index (χ1) is 10.3. The molecule has 1 atom stereocenters. The number of amides is 2. The highest BCUT2D eigenvalue weighted by Gasteiger charge is 2.26. The van der Waals surface area contributed by atoms with Crippen molar-refractivity contribution in [1.29, 1.82) is 0 Å². The molecule has 0 radical (unpaired) electrons. The predicted octanol–water partition coefficient (Wildman–Crippen LogP) is 2.33. The molecule has 2 aromatic rings. The first kappa shape index (κ1) is 13.6. The van der Waals surface area contributed by atoms with Crippen LogP contribution in [0.25, 0.3) is 0 Å². The SMILES string of the molecule is O=C1NC[C@H](Cc2ccccc2)N(Cc2ccccc2)N1. The average Bonchev–Trinajstić information content (AvgIpc) is 2.52. The maximum absolute atomic E-state index is 11.6. The second-order valence-electron chi connectivity index (χ2n) is 5.28. The van der Waals surface area contributed by atoms with Crippen molar-refractivity contribution in [3.05, 3.63) is 71.8 Å². The number of nitrogens with zero attached hydrogens (tertiary/aromatic N) is 1. The Balaban J connectivity index is 1.72. The minimum Gasteiger partial charge on any atom is -0.335 e. The molecule has 1 heterocycles. The van der Waals surface area contributed by atoms with Gasteiger partial charge in [-0.1, -0.05) is 60.7 Å². The molecule has 3 rings (SSSR count). The van der Waals surface area contributed by atoms with Crippen LogP contribution in [-0.4, -0.2) is 23.6 Å². The fourth-order valence-electron chi connectivity index (χ4n) is 2.60. The third-order valence-corrected chi connectivity index (χ3v) is 3.69. The number of carbonyl (C=O) groups is 1. The second-order valence-corrected chi connectivity index (χ2v) is 5.28. The first-order valence-electron chi connectivity index (χ1n) is 7.20. The summed E-state index contributed by atoms with van der Waals surface area (Å²) in [7, 11) is 0. The largest absolute Gasteiger partial charge is 0.335 e. The standard InChI is InChI=1S/C17H19N3O/c21-17-18-12-16(11-14-7-3-1-4-8-14)20(19-17)13-15-9-5-2-6-10-15/h1-10,16H,11-13H2,(H2,18,19,21)/t16-/m0/s1. The zero-order chi connectivity index (χ0) is 14.5. The summed E-state index contributed by atoms with van der Waals surface area (Å²) >= 11 is 0. The third-order valence-electron chi connectivity index (χ3n) is 3.69. The van der Waals surface area contributed by atoms with Gasteiger partial charge in [-0.05, 0) is 17.5 Å². The van der Waals surface area contributed by atoms with Crippen molar-refractivity contribution in [3.63, 3.8) is 0 Å². The van der Waals surface area contributed by atoms with Gasteiger partial charge < -0.3 is 5.32 Å². The van der Waals surface area contributed by atoms with Crippen molar-refractivity contribution in [2.45, 2.75) is 19.0 Å². The summed E-state index contributed by atoms with van der Waals surface area (Å²) in [6, 6.07) is 20.7. The molecule has 1 aliphatic rings. The summed E-state index contributed by atoms with van der Waals surface area (Å²) in [5.74, 6) is 0. The first-order valence-corrected chi connectivity index (χ1v) is 7.20. The molecule has 0 unspecified atom stereocenters. The van der Waals surface area contributed by atoms with Crippen LogP contribution in [0.3, 0.4) is 0 Å². The molecule has 0 spiro atoms. The number of hydrazine groups is 1. The van der Waals surface area contributed by atoms with Crippen LogP contribution in [0, 0.1) is 0 Å². The van der Waals surface area contributed by atoms with Gasteiger partial charge in [0.1, 0.15) is 0 Å². The molecule has 21 heavy (non-hydrogen) atoms. The van der Waals surface area contributed by atoms with E-state index in [2.05, 4.69) is 35.0 Å². The van der Waals surface area contributed by atoms with Gasteiger partial charge in [-0.3, -0.25) is 5.43 Å². The molecule has 2 N–H and O–H groups in total. The molecule has 4 heteroatoms. The Morgan fingerprint density at radius 1 is 0.952 bits per heavy atom. The van der Waals surface area contributed by atoms with Crippen molar-refractivity contribution in [3.8, 4) is 0 Å². The van der Waals surface area contributed by atoms with E-state index in [1.165, 1.54) is 11.1 Å². The lowest BCUT2D eigenvalue weighted by Gasteiger charge is -2.36. The lowest BCUT2D eigenvalue weighted by Crippen LogP contribution is -2.61. The van der Waals surface area contributed by atoms with Crippen molar-refractivity contribution in [2.75, 3.05) is 6.54 Å². The average molecular weight is 281 g/mol. The summed E-state index contributed by atoms with van der Waals surface area (Å²) in [6.07, 6.45) is 0.904.